The van der Waals surface area contributed by atoms with Crippen molar-refractivity contribution in [2.24, 2.45) is 0 Å². The van der Waals surface area contributed by atoms with E-state index >= 15 is 0 Å². The SMILES string of the molecule is Cc1cc(Nc2cnc(C(=O)Nc3ccccc3Oc3ccccc3)cn2)no1. The lowest BCUT2D eigenvalue weighted by Gasteiger charge is -2.12. The smallest absolute Gasteiger partial charge is 0.275 e. The van der Waals surface area contributed by atoms with Gasteiger partial charge in [0.25, 0.3) is 5.91 Å². The van der Waals surface area contributed by atoms with Gasteiger partial charge in [0.05, 0.1) is 18.1 Å². The van der Waals surface area contributed by atoms with Crippen LogP contribution >= 0.6 is 0 Å². The van der Waals surface area contributed by atoms with Crippen molar-refractivity contribution in [3.05, 3.63) is 84.5 Å². The molecule has 29 heavy (non-hydrogen) atoms. The molecule has 2 aromatic heterocycles. The Morgan fingerprint density at radius 2 is 1.76 bits per heavy atom. The Hall–Kier alpha value is -4.20. The number of carbonyl (C=O) groups excluding carboxylic acids is 1. The third-order valence-corrected chi connectivity index (χ3v) is 3.87. The van der Waals surface area contributed by atoms with Crippen molar-refractivity contribution in [3.8, 4) is 11.5 Å². The van der Waals surface area contributed by atoms with Gasteiger partial charge in [-0.15, -0.1) is 0 Å². The lowest BCUT2D eigenvalue weighted by atomic mass is 10.2. The van der Waals surface area contributed by atoms with Gasteiger partial charge in [-0.05, 0) is 31.2 Å². The number of nitrogens with zero attached hydrogens (tertiary/aromatic N) is 3. The number of aryl methyl sites for hydroxylation is 1. The van der Waals surface area contributed by atoms with Crippen LogP contribution in [0.25, 0.3) is 0 Å². The molecule has 0 spiro atoms. The normalized spacial score (nSPS) is 10.4. The van der Waals surface area contributed by atoms with Crippen LogP contribution in [0.3, 0.4) is 0 Å². The van der Waals surface area contributed by atoms with Crippen LogP contribution in [0, 0.1) is 6.92 Å². The van der Waals surface area contributed by atoms with Gasteiger partial charge in [0.15, 0.2) is 11.6 Å². The maximum Gasteiger partial charge on any atom is 0.275 e. The molecule has 0 aliphatic carbocycles. The largest absolute Gasteiger partial charge is 0.455 e. The summed E-state index contributed by atoms with van der Waals surface area (Å²) in [6, 6.07) is 18.2. The molecule has 0 aliphatic rings. The average molecular weight is 387 g/mol. The van der Waals surface area contributed by atoms with Crippen LogP contribution in [-0.4, -0.2) is 21.0 Å². The fourth-order valence-electron chi connectivity index (χ4n) is 2.53. The molecule has 0 atom stereocenters. The van der Waals surface area contributed by atoms with Crippen LogP contribution in [0.1, 0.15) is 16.2 Å². The first kappa shape index (κ1) is 18.2. The van der Waals surface area contributed by atoms with Crippen molar-refractivity contribution in [2.75, 3.05) is 10.6 Å². The average Bonchev–Trinajstić information content (AvgIpc) is 3.15. The molecule has 2 heterocycles. The van der Waals surface area contributed by atoms with E-state index in [4.69, 9.17) is 9.26 Å². The Kier molecular flexibility index (Phi) is 5.15. The number of rotatable bonds is 6. The summed E-state index contributed by atoms with van der Waals surface area (Å²) in [5.41, 5.74) is 0.699. The van der Waals surface area contributed by atoms with Crippen molar-refractivity contribution in [3.63, 3.8) is 0 Å². The van der Waals surface area contributed by atoms with E-state index in [2.05, 4.69) is 25.8 Å². The van der Waals surface area contributed by atoms with E-state index in [1.165, 1.54) is 12.4 Å². The van der Waals surface area contributed by atoms with Gasteiger partial charge in [-0.25, -0.2) is 9.97 Å². The first-order valence-electron chi connectivity index (χ1n) is 8.83. The maximum absolute atomic E-state index is 12.6. The Bertz CT molecular complexity index is 1110. The number of hydrogen-bond acceptors (Lipinski definition) is 7. The molecule has 0 radical (unpaired) electrons. The van der Waals surface area contributed by atoms with Gasteiger partial charge in [0, 0.05) is 6.07 Å². The Balaban J connectivity index is 1.45. The summed E-state index contributed by atoms with van der Waals surface area (Å²) in [6.45, 7) is 1.79. The number of benzene rings is 2. The molecular weight excluding hydrogens is 370 g/mol. The van der Waals surface area contributed by atoms with Crippen LogP contribution in [0.2, 0.25) is 0 Å². The predicted octanol–water partition coefficient (Wildman–Crippen LogP) is 4.56. The third kappa shape index (κ3) is 4.56. The monoisotopic (exact) mass is 387 g/mol. The van der Waals surface area contributed by atoms with Crippen molar-refractivity contribution in [2.45, 2.75) is 6.92 Å². The summed E-state index contributed by atoms with van der Waals surface area (Å²) >= 11 is 0. The number of carbonyl (C=O) groups is 1. The predicted molar refractivity (Wildman–Crippen MR) is 107 cm³/mol. The number of hydrogen-bond donors (Lipinski definition) is 2. The van der Waals surface area contributed by atoms with Crippen molar-refractivity contribution < 1.29 is 14.1 Å². The first-order valence-corrected chi connectivity index (χ1v) is 8.83. The number of para-hydroxylation sites is 3. The zero-order chi connectivity index (χ0) is 20.1. The minimum Gasteiger partial charge on any atom is -0.455 e. The molecule has 0 saturated carbocycles. The number of amides is 1. The maximum atomic E-state index is 12.6. The van der Waals surface area contributed by atoms with Crippen molar-refractivity contribution >= 4 is 23.2 Å². The van der Waals surface area contributed by atoms with E-state index in [9.17, 15) is 4.79 Å². The zero-order valence-electron chi connectivity index (χ0n) is 15.5. The highest BCUT2D eigenvalue weighted by atomic mass is 16.5. The Morgan fingerprint density at radius 3 is 2.48 bits per heavy atom. The molecule has 0 aliphatic heterocycles. The summed E-state index contributed by atoms with van der Waals surface area (Å²) in [6.07, 6.45) is 2.83. The summed E-state index contributed by atoms with van der Waals surface area (Å²) < 4.78 is 10.8. The van der Waals surface area contributed by atoms with Crippen LogP contribution in [0.4, 0.5) is 17.3 Å². The highest BCUT2D eigenvalue weighted by Gasteiger charge is 2.12. The summed E-state index contributed by atoms with van der Waals surface area (Å²) in [7, 11) is 0. The van der Waals surface area contributed by atoms with Gasteiger partial charge in [-0.2, -0.15) is 0 Å². The van der Waals surface area contributed by atoms with Gasteiger partial charge < -0.3 is 19.9 Å². The van der Waals surface area contributed by atoms with Gasteiger partial charge >= 0.3 is 0 Å². The molecule has 144 valence electrons. The van der Waals surface area contributed by atoms with E-state index in [-0.39, 0.29) is 5.69 Å². The van der Waals surface area contributed by atoms with E-state index < -0.39 is 5.91 Å². The third-order valence-electron chi connectivity index (χ3n) is 3.87. The zero-order valence-corrected chi connectivity index (χ0v) is 15.5. The number of anilines is 3. The van der Waals surface area contributed by atoms with Gasteiger partial charge in [0.2, 0.25) is 0 Å². The van der Waals surface area contributed by atoms with Crippen LogP contribution in [0.15, 0.2) is 77.6 Å². The molecule has 0 saturated heterocycles. The second-order valence-corrected chi connectivity index (χ2v) is 6.10. The second-order valence-electron chi connectivity index (χ2n) is 6.10. The summed E-state index contributed by atoms with van der Waals surface area (Å²) in [5, 5.41) is 9.57. The van der Waals surface area contributed by atoms with E-state index in [0.29, 0.717) is 34.6 Å². The van der Waals surface area contributed by atoms with Gasteiger partial charge in [0.1, 0.15) is 23.0 Å². The lowest BCUT2D eigenvalue weighted by molar-refractivity contribution is 0.102. The molecule has 4 rings (SSSR count). The van der Waals surface area contributed by atoms with Crippen molar-refractivity contribution in [1.82, 2.24) is 15.1 Å². The van der Waals surface area contributed by atoms with Gasteiger partial charge in [-0.1, -0.05) is 35.5 Å². The number of ether oxygens (including phenoxy) is 1. The summed E-state index contributed by atoms with van der Waals surface area (Å²) in [4.78, 5) is 20.9. The summed E-state index contributed by atoms with van der Waals surface area (Å²) in [5.74, 6) is 2.44. The van der Waals surface area contributed by atoms with E-state index in [0.717, 1.165) is 0 Å². The fourth-order valence-corrected chi connectivity index (χ4v) is 2.53. The first-order chi connectivity index (χ1) is 14.2. The minimum absolute atomic E-state index is 0.168. The molecule has 8 heteroatoms. The molecule has 1 amide bonds. The van der Waals surface area contributed by atoms with Crippen molar-refractivity contribution in [1.29, 1.82) is 0 Å². The number of nitrogens with one attached hydrogen (secondary N) is 2. The lowest BCUT2D eigenvalue weighted by Crippen LogP contribution is -2.14. The Morgan fingerprint density at radius 1 is 0.966 bits per heavy atom. The Labute approximate surface area is 166 Å². The van der Waals surface area contributed by atoms with E-state index in [1.54, 1.807) is 25.1 Å². The molecule has 0 bridgehead atoms. The highest BCUT2D eigenvalue weighted by molar-refractivity contribution is 6.03. The molecule has 2 N–H and O–H groups in total. The fraction of sp³-hybridized carbons (Fsp3) is 0.0476. The topological polar surface area (TPSA) is 102 Å². The molecule has 0 unspecified atom stereocenters. The molecule has 8 nitrogen and oxygen atoms in total. The quantitative estimate of drug-likeness (QED) is 0.500. The van der Waals surface area contributed by atoms with Gasteiger partial charge in [-0.3, -0.25) is 4.79 Å². The van der Waals surface area contributed by atoms with Crippen LogP contribution in [-0.2, 0) is 0 Å². The minimum atomic E-state index is -0.398. The van der Waals surface area contributed by atoms with Crippen LogP contribution < -0.4 is 15.4 Å². The van der Waals surface area contributed by atoms with Crippen LogP contribution in [0.5, 0.6) is 11.5 Å². The standard InChI is InChI=1S/C21H17N5O3/c1-14-11-19(26-29-14)25-20-13-22-17(12-23-20)21(27)24-16-9-5-6-10-18(16)28-15-7-3-2-4-8-15/h2-13H,1H3,(H,24,27)(H,23,25,26). The number of aromatic nitrogens is 3. The van der Waals surface area contributed by atoms with E-state index in [1.807, 2.05) is 42.5 Å². The molecular formula is C21H17N5O3. The molecule has 2 aromatic carbocycles. The highest BCUT2D eigenvalue weighted by Crippen LogP contribution is 2.29. The molecule has 0 fully saturated rings. The second kappa shape index (κ2) is 8.22. The molecule has 4 aromatic rings.